The third-order valence-corrected chi connectivity index (χ3v) is 2.14. The average Bonchev–Trinajstić information content (AvgIpc) is 2.40. The Bertz CT molecular complexity index is 482. The van der Waals surface area contributed by atoms with Crippen molar-refractivity contribution in [3.63, 3.8) is 0 Å². The molecule has 0 saturated carbocycles. The van der Waals surface area contributed by atoms with Gasteiger partial charge in [0.2, 0.25) is 11.9 Å². The molecular formula is C11H13N5O2. The Hall–Kier alpha value is -2.25. The maximum atomic E-state index is 8.82. The van der Waals surface area contributed by atoms with Gasteiger partial charge in [0.15, 0.2) is 5.82 Å². The number of benzene rings is 1. The highest BCUT2D eigenvalue weighted by Crippen LogP contribution is 2.17. The molecule has 2 aromatic rings. The molecule has 7 heteroatoms. The van der Waals surface area contributed by atoms with Gasteiger partial charge in [-0.05, 0) is 0 Å². The van der Waals surface area contributed by atoms with E-state index in [1.807, 2.05) is 30.3 Å². The lowest BCUT2D eigenvalue weighted by atomic mass is 10.2. The van der Waals surface area contributed by atoms with E-state index in [9.17, 15) is 0 Å². The quantitative estimate of drug-likeness (QED) is 0.562. The van der Waals surface area contributed by atoms with Gasteiger partial charge in [-0.1, -0.05) is 30.3 Å². The van der Waals surface area contributed by atoms with Crippen molar-refractivity contribution in [2.45, 2.75) is 0 Å². The SMILES string of the molecule is OCNc1nc(NCO)nc(-c2ccccc2)n1. The number of rotatable bonds is 5. The molecule has 0 radical (unpaired) electrons. The number of hydrogen-bond acceptors (Lipinski definition) is 7. The van der Waals surface area contributed by atoms with E-state index in [2.05, 4.69) is 25.6 Å². The van der Waals surface area contributed by atoms with Gasteiger partial charge in [-0.15, -0.1) is 0 Å². The van der Waals surface area contributed by atoms with E-state index in [4.69, 9.17) is 10.2 Å². The van der Waals surface area contributed by atoms with Crippen LogP contribution in [0.15, 0.2) is 30.3 Å². The Balaban J connectivity index is 2.39. The highest BCUT2D eigenvalue weighted by molar-refractivity contribution is 5.57. The van der Waals surface area contributed by atoms with Gasteiger partial charge in [0.25, 0.3) is 0 Å². The van der Waals surface area contributed by atoms with Crippen LogP contribution in [0.2, 0.25) is 0 Å². The molecule has 7 nitrogen and oxygen atoms in total. The minimum absolute atomic E-state index is 0.238. The van der Waals surface area contributed by atoms with Gasteiger partial charge < -0.3 is 20.8 Å². The van der Waals surface area contributed by atoms with Crippen LogP contribution in [0.25, 0.3) is 11.4 Å². The Morgan fingerprint density at radius 2 is 1.39 bits per heavy atom. The molecule has 0 aliphatic carbocycles. The number of aliphatic hydroxyl groups excluding tert-OH is 2. The van der Waals surface area contributed by atoms with Gasteiger partial charge in [-0.3, -0.25) is 0 Å². The van der Waals surface area contributed by atoms with E-state index in [-0.39, 0.29) is 25.4 Å². The van der Waals surface area contributed by atoms with Gasteiger partial charge in [0.05, 0.1) is 0 Å². The summed E-state index contributed by atoms with van der Waals surface area (Å²) in [5.74, 6) is 0.933. The molecule has 1 aromatic carbocycles. The first-order valence-corrected chi connectivity index (χ1v) is 5.34. The fourth-order valence-corrected chi connectivity index (χ4v) is 1.39. The zero-order valence-corrected chi connectivity index (χ0v) is 9.54. The molecule has 1 aromatic heterocycles. The summed E-state index contributed by atoms with van der Waals surface area (Å²) >= 11 is 0. The van der Waals surface area contributed by atoms with E-state index in [1.54, 1.807) is 0 Å². The standard InChI is InChI=1S/C11H13N5O2/c17-6-12-10-14-9(8-4-2-1-3-5-8)15-11(16-10)13-7-18/h1-5,17-18H,6-7H2,(H2,12,13,14,15,16). The van der Waals surface area contributed by atoms with Crippen LogP contribution >= 0.6 is 0 Å². The summed E-state index contributed by atoms with van der Waals surface area (Å²) in [7, 11) is 0. The van der Waals surface area contributed by atoms with Gasteiger partial charge in [0, 0.05) is 5.56 Å². The van der Waals surface area contributed by atoms with Gasteiger partial charge in [0.1, 0.15) is 13.5 Å². The van der Waals surface area contributed by atoms with Crippen molar-refractivity contribution in [3.8, 4) is 11.4 Å². The molecule has 0 spiro atoms. The second-order valence-electron chi connectivity index (χ2n) is 3.34. The first-order chi connectivity index (χ1) is 8.83. The van der Waals surface area contributed by atoms with Gasteiger partial charge in [-0.2, -0.15) is 15.0 Å². The first kappa shape index (κ1) is 12.2. The predicted octanol–water partition coefficient (Wildman–Crippen LogP) is 0.262. The summed E-state index contributed by atoms with van der Waals surface area (Å²) in [5.41, 5.74) is 0.821. The summed E-state index contributed by atoms with van der Waals surface area (Å²) in [6.07, 6.45) is 0. The summed E-state index contributed by atoms with van der Waals surface area (Å²) in [4.78, 5) is 12.3. The summed E-state index contributed by atoms with van der Waals surface area (Å²) in [6.45, 7) is -0.562. The molecule has 0 aliphatic rings. The molecule has 0 fully saturated rings. The summed E-state index contributed by atoms with van der Waals surface area (Å²) in [6, 6.07) is 9.36. The molecule has 94 valence electrons. The Morgan fingerprint density at radius 3 is 1.89 bits per heavy atom. The van der Waals surface area contributed by atoms with Crippen molar-refractivity contribution in [1.82, 2.24) is 15.0 Å². The van der Waals surface area contributed by atoms with E-state index < -0.39 is 0 Å². The molecule has 18 heavy (non-hydrogen) atoms. The highest BCUT2D eigenvalue weighted by atomic mass is 16.3. The number of nitrogens with zero attached hydrogens (tertiary/aromatic N) is 3. The fraction of sp³-hybridized carbons (Fsp3) is 0.182. The number of nitrogens with one attached hydrogen (secondary N) is 2. The first-order valence-electron chi connectivity index (χ1n) is 5.34. The van der Waals surface area contributed by atoms with Gasteiger partial charge >= 0.3 is 0 Å². The zero-order chi connectivity index (χ0) is 12.8. The Morgan fingerprint density at radius 1 is 0.833 bits per heavy atom. The molecule has 0 atom stereocenters. The van der Waals surface area contributed by atoms with Crippen LogP contribution in [-0.4, -0.2) is 38.6 Å². The summed E-state index contributed by atoms with van der Waals surface area (Å²) in [5, 5.41) is 22.8. The molecule has 4 N–H and O–H groups in total. The monoisotopic (exact) mass is 247 g/mol. The number of aliphatic hydroxyl groups is 2. The van der Waals surface area contributed by atoms with Gasteiger partial charge in [-0.25, -0.2) is 0 Å². The van der Waals surface area contributed by atoms with Crippen molar-refractivity contribution in [2.24, 2.45) is 0 Å². The van der Waals surface area contributed by atoms with E-state index >= 15 is 0 Å². The largest absolute Gasteiger partial charge is 0.376 e. The number of aromatic nitrogens is 3. The van der Waals surface area contributed by atoms with Crippen LogP contribution in [0.3, 0.4) is 0 Å². The Kier molecular flexibility index (Phi) is 4.00. The van der Waals surface area contributed by atoms with Crippen LogP contribution in [-0.2, 0) is 0 Å². The smallest absolute Gasteiger partial charge is 0.229 e. The van der Waals surface area contributed by atoms with E-state index in [1.165, 1.54) is 0 Å². The van der Waals surface area contributed by atoms with Crippen molar-refractivity contribution >= 4 is 11.9 Å². The maximum absolute atomic E-state index is 8.82. The van der Waals surface area contributed by atoms with Crippen molar-refractivity contribution in [1.29, 1.82) is 0 Å². The normalized spacial score (nSPS) is 10.1. The third-order valence-electron chi connectivity index (χ3n) is 2.14. The van der Waals surface area contributed by atoms with E-state index in [0.717, 1.165) is 5.56 Å². The third kappa shape index (κ3) is 2.90. The fourth-order valence-electron chi connectivity index (χ4n) is 1.39. The second kappa shape index (κ2) is 5.89. The average molecular weight is 247 g/mol. The van der Waals surface area contributed by atoms with Crippen LogP contribution in [0.4, 0.5) is 11.9 Å². The van der Waals surface area contributed by atoms with Crippen molar-refractivity contribution < 1.29 is 10.2 Å². The molecule has 0 amide bonds. The van der Waals surface area contributed by atoms with Crippen LogP contribution < -0.4 is 10.6 Å². The lowest BCUT2D eigenvalue weighted by molar-refractivity contribution is 0.323. The maximum Gasteiger partial charge on any atom is 0.229 e. The molecular weight excluding hydrogens is 234 g/mol. The van der Waals surface area contributed by atoms with Crippen LogP contribution in [0, 0.1) is 0 Å². The van der Waals surface area contributed by atoms with Crippen molar-refractivity contribution in [3.05, 3.63) is 30.3 Å². The lowest BCUT2D eigenvalue weighted by Crippen LogP contribution is -2.11. The number of anilines is 2. The molecule has 2 rings (SSSR count). The zero-order valence-electron chi connectivity index (χ0n) is 9.54. The summed E-state index contributed by atoms with van der Waals surface area (Å²) < 4.78 is 0. The minimum Gasteiger partial charge on any atom is -0.376 e. The lowest BCUT2D eigenvalue weighted by Gasteiger charge is -2.07. The number of hydrogen-bond donors (Lipinski definition) is 4. The molecule has 0 bridgehead atoms. The molecule has 0 saturated heterocycles. The topological polar surface area (TPSA) is 103 Å². The molecule has 0 aliphatic heterocycles. The second-order valence-corrected chi connectivity index (χ2v) is 3.34. The Labute approximate surface area is 104 Å². The molecule has 1 heterocycles. The molecule has 0 unspecified atom stereocenters. The van der Waals surface area contributed by atoms with Crippen molar-refractivity contribution in [2.75, 3.05) is 24.1 Å². The van der Waals surface area contributed by atoms with E-state index in [0.29, 0.717) is 5.82 Å². The van der Waals surface area contributed by atoms with Crippen LogP contribution in [0.5, 0.6) is 0 Å². The van der Waals surface area contributed by atoms with Crippen LogP contribution in [0.1, 0.15) is 0 Å². The minimum atomic E-state index is -0.281. The predicted molar refractivity (Wildman–Crippen MR) is 66.7 cm³/mol. The highest BCUT2D eigenvalue weighted by Gasteiger charge is 2.07.